The van der Waals surface area contributed by atoms with E-state index in [1.54, 1.807) is 0 Å². The number of carbonyl (C=O) groups excluding carboxylic acids is 1. The maximum atomic E-state index is 12.0. The van der Waals surface area contributed by atoms with E-state index in [9.17, 15) is 4.79 Å². The maximum Gasteiger partial charge on any atom is 0.277 e. The van der Waals surface area contributed by atoms with Crippen molar-refractivity contribution in [1.29, 1.82) is 0 Å². The molecule has 24 heavy (non-hydrogen) atoms. The van der Waals surface area contributed by atoms with Gasteiger partial charge in [0.1, 0.15) is 0 Å². The van der Waals surface area contributed by atoms with Gasteiger partial charge in [-0.3, -0.25) is 4.79 Å². The second-order valence-corrected chi connectivity index (χ2v) is 7.26. The Morgan fingerprint density at radius 3 is 2.75 bits per heavy atom. The number of halogens is 1. The second kappa shape index (κ2) is 7.80. The Kier molecular flexibility index (Phi) is 5.52. The summed E-state index contributed by atoms with van der Waals surface area (Å²) in [4.78, 5) is 12.0. The number of thioether (sulfide) groups is 1. The van der Waals surface area contributed by atoms with E-state index in [1.165, 1.54) is 11.8 Å². The van der Waals surface area contributed by atoms with E-state index in [0.29, 0.717) is 11.1 Å². The molecule has 0 aliphatic carbocycles. The van der Waals surface area contributed by atoms with Gasteiger partial charge >= 0.3 is 0 Å². The summed E-state index contributed by atoms with van der Waals surface area (Å²) in [5.74, 6) is 0.551. The summed E-state index contributed by atoms with van der Waals surface area (Å²) in [6.45, 7) is 1.98. The summed E-state index contributed by atoms with van der Waals surface area (Å²) in [6.07, 6.45) is 0. The van der Waals surface area contributed by atoms with Crippen molar-refractivity contribution in [2.45, 2.75) is 12.1 Å². The first-order valence-corrected chi connectivity index (χ1v) is 9.25. The zero-order valence-corrected chi connectivity index (χ0v) is 15.8. The molecule has 5 nitrogen and oxygen atoms in total. The lowest BCUT2D eigenvalue weighted by atomic mass is 10.2. The number of anilines is 1. The van der Waals surface area contributed by atoms with Gasteiger partial charge in [-0.1, -0.05) is 23.9 Å². The summed E-state index contributed by atoms with van der Waals surface area (Å²) >= 11 is 3.45. The van der Waals surface area contributed by atoms with Crippen LogP contribution in [0, 0.1) is 10.5 Å². The van der Waals surface area contributed by atoms with Crippen LogP contribution in [-0.2, 0) is 4.79 Å². The van der Waals surface area contributed by atoms with E-state index >= 15 is 0 Å². The zero-order chi connectivity index (χ0) is 16.9. The number of nitrogens with zero attached hydrogens (tertiary/aromatic N) is 2. The molecule has 0 saturated heterocycles. The number of hydrogen-bond acceptors (Lipinski definition) is 5. The van der Waals surface area contributed by atoms with Crippen molar-refractivity contribution in [2.24, 2.45) is 0 Å². The number of hydrogen-bond donors (Lipinski definition) is 1. The third-order valence-corrected chi connectivity index (χ3v) is 4.66. The van der Waals surface area contributed by atoms with E-state index in [0.717, 1.165) is 20.4 Å². The van der Waals surface area contributed by atoms with E-state index in [1.807, 2.05) is 55.5 Å². The highest BCUT2D eigenvalue weighted by molar-refractivity contribution is 14.1. The van der Waals surface area contributed by atoms with Crippen molar-refractivity contribution < 1.29 is 9.21 Å². The predicted molar refractivity (Wildman–Crippen MR) is 103 cm³/mol. The van der Waals surface area contributed by atoms with Crippen molar-refractivity contribution in [3.05, 3.63) is 57.7 Å². The molecule has 0 aliphatic rings. The van der Waals surface area contributed by atoms with Gasteiger partial charge in [-0.05, 0) is 71.5 Å². The standard InChI is InChI=1S/C17H14IN3O2S/c1-11-3-2-4-14(9-11)19-15(22)10-24-17-21-20-16(23-17)12-5-7-13(18)8-6-12/h2-9H,10H2,1H3,(H,19,22). The van der Waals surface area contributed by atoms with Crippen LogP contribution in [0.3, 0.4) is 0 Å². The fourth-order valence-corrected chi connectivity index (χ4v) is 2.95. The average Bonchev–Trinajstić information content (AvgIpc) is 3.03. The number of benzene rings is 2. The van der Waals surface area contributed by atoms with E-state index < -0.39 is 0 Å². The molecule has 1 N–H and O–H groups in total. The van der Waals surface area contributed by atoms with Gasteiger partial charge in [-0.15, -0.1) is 10.2 Å². The van der Waals surface area contributed by atoms with Crippen molar-refractivity contribution >= 4 is 45.9 Å². The van der Waals surface area contributed by atoms with E-state index in [2.05, 4.69) is 38.1 Å². The van der Waals surface area contributed by atoms with Crippen LogP contribution in [0.25, 0.3) is 11.5 Å². The first-order valence-electron chi connectivity index (χ1n) is 7.19. The molecule has 0 saturated carbocycles. The third kappa shape index (κ3) is 4.57. The van der Waals surface area contributed by atoms with Crippen LogP contribution >= 0.6 is 34.4 Å². The topological polar surface area (TPSA) is 68.0 Å². The molecule has 3 rings (SSSR count). The van der Waals surface area contributed by atoms with Crippen LogP contribution in [0.2, 0.25) is 0 Å². The zero-order valence-electron chi connectivity index (χ0n) is 12.8. The molecule has 7 heteroatoms. The Morgan fingerprint density at radius 2 is 2.00 bits per heavy atom. The minimum Gasteiger partial charge on any atom is -0.411 e. The monoisotopic (exact) mass is 451 g/mol. The number of aryl methyl sites for hydroxylation is 1. The Hall–Kier alpha value is -1.87. The number of amides is 1. The van der Waals surface area contributed by atoms with Gasteiger partial charge in [-0.2, -0.15) is 0 Å². The SMILES string of the molecule is Cc1cccc(NC(=O)CSc2nnc(-c3ccc(I)cc3)o2)c1. The molecule has 1 amide bonds. The fourth-order valence-electron chi connectivity index (χ4n) is 2.02. The lowest BCUT2D eigenvalue weighted by Gasteiger charge is -2.04. The third-order valence-electron chi connectivity index (χ3n) is 3.13. The van der Waals surface area contributed by atoms with Crippen molar-refractivity contribution in [2.75, 3.05) is 11.1 Å². The number of carbonyl (C=O) groups is 1. The molecule has 1 aromatic heterocycles. The van der Waals surface area contributed by atoms with Gasteiger partial charge in [0.25, 0.3) is 5.22 Å². The normalized spacial score (nSPS) is 10.6. The molecule has 0 aliphatic heterocycles. The summed E-state index contributed by atoms with van der Waals surface area (Å²) in [5.41, 5.74) is 2.74. The molecule has 0 atom stereocenters. The van der Waals surface area contributed by atoms with Crippen LogP contribution in [0.5, 0.6) is 0 Å². The predicted octanol–water partition coefficient (Wildman–Crippen LogP) is 4.38. The van der Waals surface area contributed by atoms with Crippen molar-refractivity contribution in [3.8, 4) is 11.5 Å². The molecule has 0 fully saturated rings. The maximum absolute atomic E-state index is 12.0. The average molecular weight is 451 g/mol. The Balaban J connectivity index is 1.57. The first kappa shape index (κ1) is 17.0. The van der Waals surface area contributed by atoms with Gasteiger partial charge in [0.15, 0.2) is 0 Å². The lowest BCUT2D eigenvalue weighted by molar-refractivity contribution is -0.113. The van der Waals surface area contributed by atoms with Crippen molar-refractivity contribution in [3.63, 3.8) is 0 Å². The van der Waals surface area contributed by atoms with E-state index in [4.69, 9.17) is 4.42 Å². The number of rotatable bonds is 5. The molecule has 0 radical (unpaired) electrons. The highest BCUT2D eigenvalue weighted by Gasteiger charge is 2.11. The number of nitrogens with one attached hydrogen (secondary N) is 1. The first-order chi connectivity index (χ1) is 11.6. The van der Waals surface area contributed by atoms with Crippen molar-refractivity contribution in [1.82, 2.24) is 10.2 Å². The molecule has 3 aromatic rings. The molecule has 0 spiro atoms. The van der Waals surface area contributed by atoms with Gasteiger partial charge < -0.3 is 9.73 Å². The van der Waals surface area contributed by atoms with Gasteiger partial charge in [-0.25, -0.2) is 0 Å². The summed E-state index contributed by atoms with van der Waals surface area (Å²) in [7, 11) is 0. The lowest BCUT2D eigenvalue weighted by Crippen LogP contribution is -2.13. The molecule has 1 heterocycles. The highest BCUT2D eigenvalue weighted by atomic mass is 127. The van der Waals surface area contributed by atoms with Crippen LogP contribution < -0.4 is 5.32 Å². The summed E-state index contributed by atoms with van der Waals surface area (Å²) < 4.78 is 6.72. The fraction of sp³-hybridized carbons (Fsp3) is 0.118. The van der Waals surface area contributed by atoms with Crippen LogP contribution in [0.1, 0.15) is 5.56 Å². The van der Waals surface area contributed by atoms with Gasteiger partial charge in [0, 0.05) is 14.8 Å². The minimum atomic E-state index is -0.111. The quantitative estimate of drug-likeness (QED) is 0.461. The molecule has 0 bridgehead atoms. The highest BCUT2D eigenvalue weighted by Crippen LogP contribution is 2.24. The van der Waals surface area contributed by atoms with Crippen LogP contribution in [0.15, 0.2) is 58.2 Å². The molecular weight excluding hydrogens is 437 g/mol. The molecule has 2 aromatic carbocycles. The smallest absolute Gasteiger partial charge is 0.277 e. The Labute approximate surface area is 157 Å². The Morgan fingerprint density at radius 1 is 1.21 bits per heavy atom. The molecule has 0 unspecified atom stereocenters. The Bertz CT molecular complexity index is 849. The van der Waals surface area contributed by atoms with Gasteiger partial charge in [0.2, 0.25) is 11.8 Å². The number of aromatic nitrogens is 2. The largest absolute Gasteiger partial charge is 0.411 e. The van der Waals surface area contributed by atoms with E-state index in [-0.39, 0.29) is 11.7 Å². The summed E-state index contributed by atoms with van der Waals surface area (Å²) in [5, 5.41) is 11.2. The molecule has 122 valence electrons. The van der Waals surface area contributed by atoms with Gasteiger partial charge in [0.05, 0.1) is 5.75 Å². The molecular formula is C17H14IN3O2S. The second-order valence-electron chi connectivity index (χ2n) is 5.09. The van der Waals surface area contributed by atoms with Crippen LogP contribution in [0.4, 0.5) is 5.69 Å². The summed E-state index contributed by atoms with van der Waals surface area (Å²) in [6, 6.07) is 15.5. The minimum absolute atomic E-state index is 0.111. The van der Waals surface area contributed by atoms with Crippen LogP contribution in [-0.4, -0.2) is 21.9 Å².